The molecule has 0 radical (unpaired) electrons. The number of hydrogen-bond acceptors (Lipinski definition) is 5. The summed E-state index contributed by atoms with van der Waals surface area (Å²) in [6, 6.07) is 13.5. The summed E-state index contributed by atoms with van der Waals surface area (Å²) in [7, 11) is 0. The largest absolute Gasteiger partial charge is 0.480 e. The minimum Gasteiger partial charge on any atom is -0.480 e. The zero-order valence-corrected chi connectivity index (χ0v) is 14.1. The molecule has 2 aromatic carbocycles. The summed E-state index contributed by atoms with van der Waals surface area (Å²) >= 11 is 0. The summed E-state index contributed by atoms with van der Waals surface area (Å²) in [5.41, 5.74) is 1.04. The van der Waals surface area contributed by atoms with E-state index in [4.69, 9.17) is 4.74 Å². The molecule has 0 bridgehead atoms. The molecule has 0 saturated heterocycles. The van der Waals surface area contributed by atoms with E-state index in [-0.39, 0.29) is 17.7 Å². The number of rotatable bonds is 6. The highest BCUT2D eigenvalue weighted by atomic mass is 16.5. The van der Waals surface area contributed by atoms with Gasteiger partial charge in [-0.05, 0) is 17.7 Å². The highest BCUT2D eigenvalue weighted by molar-refractivity contribution is 6.22. The fourth-order valence-corrected chi connectivity index (χ4v) is 2.73. The van der Waals surface area contributed by atoms with Crippen molar-refractivity contribution in [3.8, 4) is 0 Å². The molecule has 3 amide bonds. The maximum absolute atomic E-state index is 12.4. The molecule has 1 aliphatic rings. The molecule has 8 heteroatoms. The number of carbonyl (C=O) groups is 4. The van der Waals surface area contributed by atoms with E-state index in [1.807, 2.05) is 6.07 Å². The van der Waals surface area contributed by atoms with Gasteiger partial charge in [0, 0.05) is 0 Å². The number of benzene rings is 2. The first kappa shape index (κ1) is 18.1. The number of nitrogens with zero attached hydrogens (tertiary/aromatic N) is 1. The highest BCUT2D eigenvalue weighted by Crippen LogP contribution is 2.24. The van der Waals surface area contributed by atoms with Crippen LogP contribution in [-0.4, -0.2) is 46.5 Å². The maximum atomic E-state index is 12.4. The summed E-state index contributed by atoms with van der Waals surface area (Å²) in [5.74, 6) is -2.82. The third-order valence-corrected chi connectivity index (χ3v) is 4.07. The number of hydrogen-bond donors (Lipinski definition) is 2. The summed E-state index contributed by atoms with van der Waals surface area (Å²) in [6.07, 6.45) is -0.846. The molecule has 27 heavy (non-hydrogen) atoms. The number of carboxylic acids is 1. The molecule has 0 saturated carbocycles. The Labute approximate surface area is 154 Å². The Balaban J connectivity index is 1.63. The average molecular weight is 368 g/mol. The van der Waals surface area contributed by atoms with Crippen molar-refractivity contribution in [3.05, 3.63) is 71.3 Å². The van der Waals surface area contributed by atoms with Gasteiger partial charge >= 0.3 is 12.1 Å². The van der Waals surface area contributed by atoms with E-state index in [0.29, 0.717) is 4.90 Å². The van der Waals surface area contributed by atoms with E-state index in [1.54, 1.807) is 36.4 Å². The van der Waals surface area contributed by atoms with E-state index in [0.717, 1.165) is 5.56 Å². The molecule has 8 nitrogen and oxygen atoms in total. The molecule has 2 N–H and O–H groups in total. The van der Waals surface area contributed by atoms with Crippen molar-refractivity contribution >= 4 is 23.9 Å². The van der Waals surface area contributed by atoms with Gasteiger partial charge in [-0.3, -0.25) is 14.5 Å². The second-order valence-electron chi connectivity index (χ2n) is 5.82. The molecule has 0 fully saturated rings. The molecule has 1 heterocycles. The molecule has 0 aliphatic carbocycles. The molecule has 2 aromatic rings. The lowest BCUT2D eigenvalue weighted by Crippen LogP contribution is -2.51. The molecule has 138 valence electrons. The van der Waals surface area contributed by atoms with Crippen molar-refractivity contribution in [2.45, 2.75) is 12.6 Å². The van der Waals surface area contributed by atoms with Crippen LogP contribution in [0.4, 0.5) is 4.79 Å². The van der Waals surface area contributed by atoms with E-state index < -0.39 is 36.5 Å². The Morgan fingerprint density at radius 1 is 0.963 bits per heavy atom. The first-order chi connectivity index (χ1) is 13.0. The quantitative estimate of drug-likeness (QED) is 0.750. The van der Waals surface area contributed by atoms with Crippen LogP contribution in [0, 0.1) is 0 Å². The minimum absolute atomic E-state index is 0.0113. The van der Waals surface area contributed by atoms with Crippen molar-refractivity contribution in [2.75, 3.05) is 6.54 Å². The molecular weight excluding hydrogens is 352 g/mol. The van der Waals surface area contributed by atoms with E-state index in [1.165, 1.54) is 12.1 Å². The topological polar surface area (TPSA) is 113 Å². The Bertz CT molecular complexity index is 861. The lowest BCUT2D eigenvalue weighted by molar-refractivity contribution is -0.141. The lowest BCUT2D eigenvalue weighted by atomic mass is 10.1. The van der Waals surface area contributed by atoms with Gasteiger partial charge in [0.25, 0.3) is 11.8 Å². The number of nitrogens with one attached hydrogen (secondary N) is 1. The number of ether oxygens (including phenoxy) is 1. The van der Waals surface area contributed by atoms with Crippen LogP contribution in [0.1, 0.15) is 26.3 Å². The smallest absolute Gasteiger partial charge is 0.407 e. The first-order valence-corrected chi connectivity index (χ1v) is 8.13. The molecule has 0 aromatic heterocycles. The van der Waals surface area contributed by atoms with Gasteiger partial charge in [0.05, 0.1) is 17.7 Å². The monoisotopic (exact) mass is 368 g/mol. The van der Waals surface area contributed by atoms with Crippen molar-refractivity contribution in [3.63, 3.8) is 0 Å². The molecular formula is C19H16N2O6. The SMILES string of the molecule is O=C(NC[C@@H](C(=O)O)N1C(=O)c2ccccc2C1=O)OCc1ccccc1. The Morgan fingerprint density at radius 2 is 1.52 bits per heavy atom. The number of carboxylic acid groups (broad SMARTS) is 1. The van der Waals surface area contributed by atoms with Crippen molar-refractivity contribution < 1.29 is 29.0 Å². The molecule has 1 aliphatic heterocycles. The summed E-state index contributed by atoms with van der Waals surface area (Å²) in [5, 5.41) is 11.7. The number of carbonyl (C=O) groups excluding carboxylic acids is 3. The van der Waals surface area contributed by atoms with Crippen LogP contribution < -0.4 is 5.32 Å². The zero-order chi connectivity index (χ0) is 19.4. The number of aliphatic carboxylic acids is 1. The van der Waals surface area contributed by atoms with Gasteiger partial charge in [-0.25, -0.2) is 9.59 Å². The van der Waals surface area contributed by atoms with Crippen molar-refractivity contribution in [1.82, 2.24) is 10.2 Å². The Hall–Kier alpha value is -3.68. The minimum atomic E-state index is -1.54. The van der Waals surface area contributed by atoms with Gasteiger partial charge in [0.15, 0.2) is 6.04 Å². The van der Waals surface area contributed by atoms with Crippen LogP contribution in [-0.2, 0) is 16.1 Å². The predicted octanol–water partition coefficient (Wildman–Crippen LogP) is 1.66. The van der Waals surface area contributed by atoms with Crippen LogP contribution in [0.3, 0.4) is 0 Å². The Kier molecular flexibility index (Phi) is 5.16. The van der Waals surface area contributed by atoms with Gasteiger partial charge in [0.2, 0.25) is 0 Å². The standard InChI is InChI=1S/C19H16N2O6/c22-16-13-8-4-5-9-14(13)17(23)21(16)15(18(24)25)10-20-19(26)27-11-12-6-2-1-3-7-12/h1-9,15H,10-11H2,(H,20,26)(H,24,25)/t15-/m0/s1. The van der Waals surface area contributed by atoms with Gasteiger partial charge in [-0.2, -0.15) is 0 Å². The van der Waals surface area contributed by atoms with Crippen LogP contribution in [0.15, 0.2) is 54.6 Å². The zero-order valence-electron chi connectivity index (χ0n) is 14.1. The lowest BCUT2D eigenvalue weighted by Gasteiger charge is -2.22. The number of imide groups is 1. The first-order valence-electron chi connectivity index (χ1n) is 8.13. The summed E-state index contributed by atoms with van der Waals surface area (Å²) in [6.45, 7) is -0.453. The second kappa shape index (κ2) is 7.69. The number of amides is 3. The van der Waals surface area contributed by atoms with E-state index in [9.17, 15) is 24.3 Å². The second-order valence-corrected chi connectivity index (χ2v) is 5.82. The summed E-state index contributed by atoms with van der Waals surface area (Å²) < 4.78 is 5.01. The van der Waals surface area contributed by atoms with E-state index >= 15 is 0 Å². The molecule has 0 spiro atoms. The van der Waals surface area contributed by atoms with E-state index in [2.05, 4.69) is 5.32 Å². The van der Waals surface area contributed by atoms with Crippen LogP contribution in [0.5, 0.6) is 0 Å². The van der Waals surface area contributed by atoms with Gasteiger partial charge < -0.3 is 15.2 Å². The predicted molar refractivity (Wildman–Crippen MR) is 93.0 cm³/mol. The summed E-state index contributed by atoms with van der Waals surface area (Å²) in [4.78, 5) is 48.9. The van der Waals surface area contributed by atoms with Crippen molar-refractivity contribution in [1.29, 1.82) is 0 Å². The molecule has 3 rings (SSSR count). The van der Waals surface area contributed by atoms with Gasteiger partial charge in [-0.15, -0.1) is 0 Å². The average Bonchev–Trinajstić information content (AvgIpc) is 2.92. The third kappa shape index (κ3) is 3.79. The maximum Gasteiger partial charge on any atom is 0.407 e. The molecule has 1 atom stereocenters. The fourth-order valence-electron chi connectivity index (χ4n) is 2.73. The Morgan fingerprint density at radius 3 is 2.07 bits per heavy atom. The van der Waals surface area contributed by atoms with Crippen LogP contribution in [0.2, 0.25) is 0 Å². The highest BCUT2D eigenvalue weighted by Gasteiger charge is 2.42. The van der Waals surface area contributed by atoms with Gasteiger partial charge in [0.1, 0.15) is 6.61 Å². The normalized spacial score (nSPS) is 13.9. The fraction of sp³-hybridized carbons (Fsp3) is 0.158. The van der Waals surface area contributed by atoms with Crippen LogP contribution >= 0.6 is 0 Å². The van der Waals surface area contributed by atoms with Gasteiger partial charge in [-0.1, -0.05) is 42.5 Å². The molecule has 0 unspecified atom stereocenters. The number of fused-ring (bicyclic) bond motifs is 1. The van der Waals surface area contributed by atoms with Crippen LogP contribution in [0.25, 0.3) is 0 Å². The number of alkyl carbamates (subject to hydrolysis) is 1. The van der Waals surface area contributed by atoms with Crippen molar-refractivity contribution in [2.24, 2.45) is 0 Å². The third-order valence-electron chi connectivity index (χ3n) is 4.07.